The summed E-state index contributed by atoms with van der Waals surface area (Å²) in [5, 5.41) is 2.89. The van der Waals surface area contributed by atoms with Crippen LogP contribution in [0, 0.1) is 18.7 Å². The largest absolute Gasteiger partial charge is 0.460 e. The number of carbonyl (C=O) groups is 2. The van der Waals surface area contributed by atoms with Crippen molar-refractivity contribution in [2.24, 2.45) is 5.92 Å². The normalized spacial score (nSPS) is 13.2. The van der Waals surface area contributed by atoms with Crippen molar-refractivity contribution < 1.29 is 27.9 Å². The van der Waals surface area contributed by atoms with Crippen LogP contribution in [0.15, 0.2) is 51.7 Å². The molecule has 0 saturated carbocycles. The third kappa shape index (κ3) is 6.26. The molecule has 2 aromatic carbocycles. The molecule has 0 unspecified atom stereocenters. The van der Waals surface area contributed by atoms with Crippen LogP contribution in [0.25, 0.3) is 22.1 Å². The standard InChI is InChI=1S/C27H30FNO6/c1-7-15(2)23(29-26(32)35-27(4,5)6)25(31)34-19-12-13-20-21(14-19)33-16(3)22(24(20)30)17-8-10-18(28)11-9-17/h8-15,23H,7H2,1-6H3,(H,29,32)/t15-,23-/m1/s1. The number of benzene rings is 2. The molecule has 35 heavy (non-hydrogen) atoms. The van der Waals surface area contributed by atoms with Crippen LogP contribution >= 0.6 is 0 Å². The van der Waals surface area contributed by atoms with Gasteiger partial charge in [0.2, 0.25) is 5.43 Å². The van der Waals surface area contributed by atoms with Crippen LogP contribution in [0.3, 0.4) is 0 Å². The molecule has 0 aliphatic heterocycles. The molecule has 186 valence electrons. The summed E-state index contributed by atoms with van der Waals surface area (Å²) in [4.78, 5) is 38.3. The molecule has 0 saturated heterocycles. The Kier molecular flexibility index (Phi) is 7.63. The van der Waals surface area contributed by atoms with Crippen LogP contribution in [-0.4, -0.2) is 23.7 Å². The van der Waals surface area contributed by atoms with Crippen molar-refractivity contribution >= 4 is 23.0 Å². The first kappa shape index (κ1) is 25.9. The van der Waals surface area contributed by atoms with E-state index < -0.39 is 29.5 Å². The number of ether oxygens (including phenoxy) is 2. The number of rotatable bonds is 6. The van der Waals surface area contributed by atoms with Gasteiger partial charge < -0.3 is 19.2 Å². The lowest BCUT2D eigenvalue weighted by atomic mass is 9.99. The highest BCUT2D eigenvalue weighted by Gasteiger charge is 2.30. The summed E-state index contributed by atoms with van der Waals surface area (Å²) in [7, 11) is 0. The average molecular weight is 484 g/mol. The Balaban J connectivity index is 1.88. The Morgan fingerprint density at radius 3 is 2.37 bits per heavy atom. The molecule has 0 aliphatic rings. The van der Waals surface area contributed by atoms with E-state index in [-0.39, 0.29) is 22.7 Å². The van der Waals surface area contributed by atoms with Crippen LogP contribution in [0.5, 0.6) is 5.75 Å². The maximum absolute atomic E-state index is 13.3. The summed E-state index contributed by atoms with van der Waals surface area (Å²) < 4.78 is 30.0. The summed E-state index contributed by atoms with van der Waals surface area (Å²) in [6.45, 7) is 10.6. The molecule has 0 fully saturated rings. The van der Waals surface area contributed by atoms with Crippen molar-refractivity contribution in [3.63, 3.8) is 0 Å². The number of aryl methyl sites for hydroxylation is 1. The first-order valence-electron chi connectivity index (χ1n) is 11.4. The minimum absolute atomic E-state index is 0.166. The average Bonchev–Trinajstić information content (AvgIpc) is 2.76. The van der Waals surface area contributed by atoms with Crippen LogP contribution in [0.4, 0.5) is 9.18 Å². The van der Waals surface area contributed by atoms with Crippen LogP contribution in [0.1, 0.15) is 46.8 Å². The zero-order valence-corrected chi connectivity index (χ0v) is 20.7. The van der Waals surface area contributed by atoms with Gasteiger partial charge >= 0.3 is 12.1 Å². The quantitative estimate of drug-likeness (QED) is 0.354. The lowest BCUT2D eigenvalue weighted by molar-refractivity contribution is -0.138. The van der Waals surface area contributed by atoms with Crippen molar-refractivity contribution in [3.8, 4) is 16.9 Å². The number of carbonyl (C=O) groups excluding carboxylic acids is 2. The number of esters is 1. The molecule has 1 amide bonds. The molecule has 2 atom stereocenters. The number of amides is 1. The van der Waals surface area contributed by atoms with Crippen LogP contribution in [0.2, 0.25) is 0 Å². The van der Waals surface area contributed by atoms with E-state index in [2.05, 4.69) is 5.32 Å². The van der Waals surface area contributed by atoms with Crippen molar-refractivity contribution in [2.75, 3.05) is 0 Å². The fourth-order valence-electron chi connectivity index (χ4n) is 3.58. The third-order valence-electron chi connectivity index (χ3n) is 5.53. The Bertz CT molecular complexity index is 1290. The summed E-state index contributed by atoms with van der Waals surface area (Å²) in [6.07, 6.45) is -0.0961. The van der Waals surface area contributed by atoms with Crippen molar-refractivity contribution in [2.45, 2.75) is 59.6 Å². The molecule has 0 radical (unpaired) electrons. The van der Waals surface area contributed by atoms with Gasteiger partial charge in [-0.15, -0.1) is 0 Å². The molecule has 0 bridgehead atoms. The second-order valence-electron chi connectivity index (χ2n) is 9.46. The molecular weight excluding hydrogens is 453 g/mol. The first-order chi connectivity index (χ1) is 16.4. The molecule has 1 heterocycles. The summed E-state index contributed by atoms with van der Waals surface area (Å²) in [5.74, 6) is -0.763. The van der Waals surface area contributed by atoms with E-state index in [4.69, 9.17) is 13.9 Å². The number of alkyl carbamates (subject to hydrolysis) is 1. The summed E-state index contributed by atoms with van der Waals surface area (Å²) in [5.41, 5.74) is 0.121. The molecule has 3 aromatic rings. The third-order valence-corrected chi connectivity index (χ3v) is 5.53. The van der Waals surface area contributed by atoms with Gasteiger partial charge in [0, 0.05) is 6.07 Å². The lowest BCUT2D eigenvalue weighted by Crippen LogP contribution is -2.48. The van der Waals surface area contributed by atoms with E-state index in [1.54, 1.807) is 27.7 Å². The molecule has 1 N–H and O–H groups in total. The van der Waals surface area contributed by atoms with Crippen molar-refractivity contribution in [3.05, 3.63) is 64.3 Å². The highest BCUT2D eigenvalue weighted by atomic mass is 19.1. The highest BCUT2D eigenvalue weighted by molar-refractivity contribution is 5.86. The Hall–Kier alpha value is -3.68. The zero-order valence-electron chi connectivity index (χ0n) is 20.7. The van der Waals surface area contributed by atoms with Gasteiger partial charge in [0.25, 0.3) is 0 Å². The number of fused-ring (bicyclic) bond motifs is 1. The predicted octanol–water partition coefficient (Wildman–Crippen LogP) is 5.75. The summed E-state index contributed by atoms with van der Waals surface area (Å²) in [6, 6.07) is 9.11. The summed E-state index contributed by atoms with van der Waals surface area (Å²) >= 11 is 0. The first-order valence-corrected chi connectivity index (χ1v) is 11.4. The van der Waals surface area contributed by atoms with Gasteiger partial charge in [-0.3, -0.25) is 4.79 Å². The highest BCUT2D eigenvalue weighted by Crippen LogP contribution is 2.27. The lowest BCUT2D eigenvalue weighted by Gasteiger charge is -2.25. The topological polar surface area (TPSA) is 94.8 Å². The van der Waals surface area contributed by atoms with Gasteiger partial charge in [-0.25, -0.2) is 14.0 Å². The number of hydrogen-bond acceptors (Lipinski definition) is 6. The van der Waals surface area contributed by atoms with Crippen LogP contribution in [-0.2, 0) is 9.53 Å². The van der Waals surface area contributed by atoms with Gasteiger partial charge in [-0.2, -0.15) is 0 Å². The molecule has 8 heteroatoms. The number of halogens is 1. The molecule has 7 nitrogen and oxygen atoms in total. The Morgan fingerprint density at radius 2 is 1.77 bits per heavy atom. The van der Waals surface area contributed by atoms with Gasteiger partial charge in [0.1, 0.15) is 34.6 Å². The van der Waals surface area contributed by atoms with Gasteiger partial charge in [-0.1, -0.05) is 32.4 Å². The second-order valence-corrected chi connectivity index (χ2v) is 9.46. The number of hydrogen-bond donors (Lipinski definition) is 1. The van der Waals surface area contributed by atoms with Crippen LogP contribution < -0.4 is 15.5 Å². The smallest absolute Gasteiger partial charge is 0.408 e. The minimum atomic E-state index is -0.930. The van der Waals surface area contributed by atoms with Crippen molar-refractivity contribution in [1.82, 2.24) is 5.32 Å². The molecule has 0 aliphatic carbocycles. The van der Waals surface area contributed by atoms with E-state index in [1.165, 1.54) is 42.5 Å². The van der Waals surface area contributed by atoms with Crippen molar-refractivity contribution in [1.29, 1.82) is 0 Å². The molecular formula is C27H30FNO6. The van der Waals surface area contributed by atoms with E-state index >= 15 is 0 Å². The van der Waals surface area contributed by atoms with E-state index in [0.717, 1.165) is 0 Å². The Morgan fingerprint density at radius 1 is 1.11 bits per heavy atom. The Labute approximate surface area is 203 Å². The molecule has 1 aromatic heterocycles. The van der Waals surface area contributed by atoms with Gasteiger partial charge in [-0.05, 0) is 63.4 Å². The van der Waals surface area contributed by atoms with Gasteiger partial charge in [0.05, 0.1) is 10.9 Å². The SMILES string of the molecule is CC[C@@H](C)[C@@H](NC(=O)OC(C)(C)C)C(=O)Oc1ccc2c(=O)c(-c3ccc(F)cc3)c(C)oc2c1. The maximum Gasteiger partial charge on any atom is 0.408 e. The van der Waals surface area contributed by atoms with E-state index in [1.807, 2.05) is 13.8 Å². The molecule has 0 spiro atoms. The van der Waals surface area contributed by atoms with E-state index in [0.29, 0.717) is 28.7 Å². The second kappa shape index (κ2) is 10.3. The predicted molar refractivity (Wildman–Crippen MR) is 131 cm³/mol. The van der Waals surface area contributed by atoms with E-state index in [9.17, 15) is 18.8 Å². The number of nitrogens with one attached hydrogen (secondary N) is 1. The maximum atomic E-state index is 13.3. The monoisotopic (exact) mass is 483 g/mol. The minimum Gasteiger partial charge on any atom is -0.460 e. The van der Waals surface area contributed by atoms with Gasteiger partial charge in [0.15, 0.2) is 0 Å². The zero-order chi connectivity index (χ0) is 25.9. The fourth-order valence-corrected chi connectivity index (χ4v) is 3.58. The fraction of sp³-hybridized carbons (Fsp3) is 0.370. The molecule has 3 rings (SSSR count).